The van der Waals surface area contributed by atoms with Crippen LogP contribution in [0.25, 0.3) is 0 Å². The number of halogens is 1. The van der Waals surface area contributed by atoms with Crippen LogP contribution in [0.3, 0.4) is 0 Å². The molecule has 1 heterocycles. The molecule has 0 saturated carbocycles. The summed E-state index contributed by atoms with van der Waals surface area (Å²) >= 11 is 0. The maximum Gasteiger partial charge on any atom is 0.327 e. The number of carbonyl (C=O) groups excluding carboxylic acids is 2. The number of ether oxygens (including phenoxy) is 1. The number of hydrogen-bond acceptors (Lipinski definition) is 5. The lowest BCUT2D eigenvalue weighted by Gasteiger charge is -2.37. The number of esters is 1. The van der Waals surface area contributed by atoms with Gasteiger partial charge in [-0.05, 0) is 24.6 Å². The first-order valence-corrected chi connectivity index (χ1v) is 8.11. The molecule has 0 spiro atoms. The second-order valence-corrected chi connectivity index (χ2v) is 5.74. The summed E-state index contributed by atoms with van der Waals surface area (Å²) in [4.78, 5) is 27.9. The van der Waals surface area contributed by atoms with Gasteiger partial charge in [-0.3, -0.25) is 14.6 Å². The highest BCUT2D eigenvalue weighted by Gasteiger charge is 2.31. The van der Waals surface area contributed by atoms with Crippen LogP contribution in [0.2, 0.25) is 0 Å². The molecular weight excluding hydrogens is 313 g/mol. The summed E-state index contributed by atoms with van der Waals surface area (Å²) in [6.07, 6.45) is 0. The quantitative estimate of drug-likeness (QED) is 0.778. The van der Waals surface area contributed by atoms with Crippen LogP contribution in [0.5, 0.6) is 0 Å². The van der Waals surface area contributed by atoms with Crippen LogP contribution in [0, 0.1) is 5.82 Å². The van der Waals surface area contributed by atoms with Gasteiger partial charge >= 0.3 is 5.97 Å². The second-order valence-electron chi connectivity index (χ2n) is 5.74. The van der Waals surface area contributed by atoms with Crippen molar-refractivity contribution in [1.82, 2.24) is 15.1 Å². The molecule has 6 nitrogen and oxygen atoms in total. The van der Waals surface area contributed by atoms with Crippen LogP contribution < -0.4 is 5.32 Å². The third-order valence-electron chi connectivity index (χ3n) is 4.12. The molecule has 0 unspecified atom stereocenters. The average molecular weight is 337 g/mol. The van der Waals surface area contributed by atoms with Crippen LogP contribution in [0.1, 0.15) is 18.5 Å². The minimum atomic E-state index is -0.554. The molecule has 0 bridgehead atoms. The summed E-state index contributed by atoms with van der Waals surface area (Å²) in [5.74, 6) is -0.693. The number of carbonyl (C=O) groups is 2. The van der Waals surface area contributed by atoms with E-state index in [1.165, 1.54) is 19.2 Å². The molecule has 1 aliphatic rings. The molecule has 2 rings (SSSR count). The summed E-state index contributed by atoms with van der Waals surface area (Å²) < 4.78 is 18.1. The normalized spacial score (nSPS) is 17.3. The van der Waals surface area contributed by atoms with Gasteiger partial charge in [0.25, 0.3) is 0 Å². The largest absolute Gasteiger partial charge is 0.468 e. The fraction of sp³-hybridized carbons (Fsp3) is 0.529. The molecule has 1 atom stereocenters. The Kier molecular flexibility index (Phi) is 6.69. The van der Waals surface area contributed by atoms with Crippen LogP contribution in [-0.2, 0) is 14.3 Å². The highest BCUT2D eigenvalue weighted by molar-refractivity contribution is 5.78. The van der Waals surface area contributed by atoms with Gasteiger partial charge in [0, 0.05) is 32.7 Å². The number of hydrogen-bond donors (Lipinski definition) is 1. The fourth-order valence-electron chi connectivity index (χ4n) is 2.89. The van der Waals surface area contributed by atoms with E-state index < -0.39 is 6.04 Å². The summed E-state index contributed by atoms with van der Waals surface area (Å²) in [5, 5.41) is 2.78. The molecule has 1 fully saturated rings. The number of amides is 1. The van der Waals surface area contributed by atoms with Gasteiger partial charge in [-0.25, -0.2) is 9.18 Å². The Balaban J connectivity index is 2.01. The van der Waals surface area contributed by atoms with Crippen molar-refractivity contribution in [2.24, 2.45) is 0 Å². The number of nitrogens with zero attached hydrogens (tertiary/aromatic N) is 2. The van der Waals surface area contributed by atoms with Gasteiger partial charge in [-0.2, -0.15) is 0 Å². The Morgan fingerprint density at radius 3 is 2.38 bits per heavy atom. The van der Waals surface area contributed by atoms with Crippen molar-refractivity contribution in [1.29, 1.82) is 0 Å². The van der Waals surface area contributed by atoms with E-state index >= 15 is 0 Å². The SMILES string of the molecule is CCNC(=O)CN1CCN([C@@H](C(=O)OC)c2ccc(F)cc2)CC1. The van der Waals surface area contributed by atoms with E-state index in [2.05, 4.69) is 10.2 Å². The van der Waals surface area contributed by atoms with E-state index in [0.717, 1.165) is 0 Å². The highest BCUT2D eigenvalue weighted by atomic mass is 19.1. The number of benzene rings is 1. The van der Waals surface area contributed by atoms with Crippen molar-refractivity contribution in [3.05, 3.63) is 35.6 Å². The lowest BCUT2D eigenvalue weighted by atomic mass is 10.0. The number of nitrogens with one attached hydrogen (secondary N) is 1. The zero-order valence-electron chi connectivity index (χ0n) is 14.1. The molecule has 24 heavy (non-hydrogen) atoms. The molecule has 132 valence electrons. The Morgan fingerprint density at radius 2 is 1.83 bits per heavy atom. The van der Waals surface area contributed by atoms with Crippen LogP contribution >= 0.6 is 0 Å². The number of rotatable bonds is 6. The topological polar surface area (TPSA) is 61.9 Å². The summed E-state index contributed by atoms with van der Waals surface area (Å²) in [6.45, 7) is 5.51. The van der Waals surface area contributed by atoms with Gasteiger partial charge in [0.2, 0.25) is 5.91 Å². The molecule has 7 heteroatoms. The van der Waals surface area contributed by atoms with E-state index in [4.69, 9.17) is 4.74 Å². The highest BCUT2D eigenvalue weighted by Crippen LogP contribution is 2.24. The van der Waals surface area contributed by atoms with Crippen molar-refractivity contribution in [2.75, 3.05) is 46.4 Å². The predicted octanol–water partition coefficient (Wildman–Crippen LogP) is 0.794. The Morgan fingerprint density at radius 1 is 1.21 bits per heavy atom. The van der Waals surface area contributed by atoms with Crippen molar-refractivity contribution in [3.8, 4) is 0 Å². The fourth-order valence-corrected chi connectivity index (χ4v) is 2.89. The molecule has 0 aromatic heterocycles. The van der Waals surface area contributed by atoms with Crippen LogP contribution in [-0.4, -0.2) is 68.1 Å². The van der Waals surface area contributed by atoms with E-state index in [-0.39, 0.29) is 17.7 Å². The van der Waals surface area contributed by atoms with Crippen LogP contribution in [0.15, 0.2) is 24.3 Å². The summed E-state index contributed by atoms with van der Waals surface area (Å²) in [7, 11) is 1.35. The standard InChI is InChI=1S/C17H24FN3O3/c1-3-19-15(22)12-20-8-10-21(11-9-20)16(17(23)24-2)13-4-6-14(18)7-5-13/h4-7,16H,3,8-12H2,1-2H3,(H,19,22)/t16-/m1/s1. The second kappa shape index (κ2) is 8.75. The van der Waals surface area contributed by atoms with E-state index in [9.17, 15) is 14.0 Å². The van der Waals surface area contributed by atoms with Crippen LogP contribution in [0.4, 0.5) is 4.39 Å². The number of piperazine rings is 1. The van der Waals surface area contributed by atoms with Crippen molar-refractivity contribution >= 4 is 11.9 Å². The average Bonchev–Trinajstić information content (AvgIpc) is 2.58. The molecule has 1 saturated heterocycles. The maximum absolute atomic E-state index is 13.1. The van der Waals surface area contributed by atoms with Gasteiger partial charge in [0.1, 0.15) is 11.9 Å². The summed E-state index contributed by atoms with van der Waals surface area (Å²) in [5.41, 5.74) is 0.709. The molecular formula is C17H24FN3O3. The smallest absolute Gasteiger partial charge is 0.327 e. The number of likely N-dealkylation sites (N-methyl/N-ethyl adjacent to an activating group) is 1. The van der Waals surface area contributed by atoms with Crippen molar-refractivity contribution in [2.45, 2.75) is 13.0 Å². The van der Waals surface area contributed by atoms with E-state index in [1.807, 2.05) is 11.8 Å². The molecule has 1 N–H and O–H groups in total. The molecule has 1 aromatic rings. The maximum atomic E-state index is 13.1. The van der Waals surface area contributed by atoms with Gasteiger partial charge in [-0.1, -0.05) is 12.1 Å². The van der Waals surface area contributed by atoms with E-state index in [0.29, 0.717) is 44.8 Å². The van der Waals surface area contributed by atoms with Crippen molar-refractivity contribution in [3.63, 3.8) is 0 Å². The molecule has 1 aliphatic heterocycles. The molecule has 0 aliphatic carbocycles. The third-order valence-corrected chi connectivity index (χ3v) is 4.12. The lowest BCUT2D eigenvalue weighted by molar-refractivity contribution is -0.148. The van der Waals surface area contributed by atoms with Gasteiger partial charge < -0.3 is 10.1 Å². The minimum absolute atomic E-state index is 0.00834. The van der Waals surface area contributed by atoms with Gasteiger partial charge in [-0.15, -0.1) is 0 Å². The molecule has 0 radical (unpaired) electrons. The minimum Gasteiger partial charge on any atom is -0.468 e. The molecule has 1 amide bonds. The molecule has 1 aromatic carbocycles. The first-order valence-electron chi connectivity index (χ1n) is 8.11. The van der Waals surface area contributed by atoms with Crippen molar-refractivity contribution < 1.29 is 18.7 Å². The monoisotopic (exact) mass is 337 g/mol. The van der Waals surface area contributed by atoms with Gasteiger partial charge in [0.15, 0.2) is 0 Å². The Hall–Kier alpha value is -1.99. The Bertz CT molecular complexity index is 557. The third kappa shape index (κ3) is 4.75. The first-order chi connectivity index (χ1) is 11.5. The number of methoxy groups -OCH3 is 1. The van der Waals surface area contributed by atoms with Gasteiger partial charge in [0.05, 0.1) is 13.7 Å². The van der Waals surface area contributed by atoms with E-state index in [1.54, 1.807) is 12.1 Å². The first kappa shape index (κ1) is 18.4. The Labute approximate surface area is 141 Å². The zero-order valence-corrected chi connectivity index (χ0v) is 14.1. The zero-order chi connectivity index (χ0) is 17.5. The predicted molar refractivity (Wildman–Crippen MR) is 87.9 cm³/mol. The summed E-state index contributed by atoms with van der Waals surface area (Å²) in [6, 6.07) is 5.35. The lowest BCUT2D eigenvalue weighted by Crippen LogP contribution is -2.51.